The molecule has 5 nitrogen and oxygen atoms in total. The molecule has 2 amide bonds. The van der Waals surface area contributed by atoms with E-state index in [2.05, 4.69) is 29.7 Å². The zero-order valence-electron chi connectivity index (χ0n) is 12.9. The largest absolute Gasteiger partial charge is 0.482 e. The van der Waals surface area contributed by atoms with Crippen LogP contribution in [0.25, 0.3) is 0 Å². The van der Waals surface area contributed by atoms with Gasteiger partial charge in [0.15, 0.2) is 6.61 Å². The molecule has 0 fully saturated rings. The first kappa shape index (κ1) is 15.1. The van der Waals surface area contributed by atoms with Gasteiger partial charge >= 0.3 is 0 Å². The lowest BCUT2D eigenvalue weighted by Crippen LogP contribution is -2.27. The molecule has 0 atom stereocenters. The molecule has 1 aliphatic heterocycles. The van der Waals surface area contributed by atoms with Crippen molar-refractivity contribution in [1.82, 2.24) is 5.32 Å². The van der Waals surface area contributed by atoms with Crippen molar-refractivity contribution >= 4 is 17.5 Å². The lowest BCUT2D eigenvalue weighted by molar-refractivity contribution is -0.118. The Hall–Kier alpha value is -2.82. The third-order valence-electron chi connectivity index (χ3n) is 3.82. The van der Waals surface area contributed by atoms with E-state index in [1.54, 1.807) is 18.2 Å². The van der Waals surface area contributed by atoms with Crippen molar-refractivity contribution in [2.75, 3.05) is 18.5 Å². The minimum Gasteiger partial charge on any atom is -0.482 e. The molecule has 0 saturated carbocycles. The number of hydrogen-bond donors (Lipinski definition) is 2. The highest BCUT2D eigenvalue weighted by molar-refractivity contribution is 5.98. The fourth-order valence-electron chi connectivity index (χ4n) is 2.52. The number of ether oxygens (including phenoxy) is 1. The van der Waals surface area contributed by atoms with Gasteiger partial charge in [-0.15, -0.1) is 0 Å². The van der Waals surface area contributed by atoms with Gasteiger partial charge in [0.1, 0.15) is 5.75 Å². The van der Waals surface area contributed by atoms with Gasteiger partial charge in [-0.05, 0) is 42.7 Å². The van der Waals surface area contributed by atoms with E-state index in [1.165, 1.54) is 11.1 Å². The number of hydrogen-bond acceptors (Lipinski definition) is 3. The van der Waals surface area contributed by atoms with E-state index in [1.807, 2.05) is 12.1 Å². The van der Waals surface area contributed by atoms with Gasteiger partial charge in [0.25, 0.3) is 11.8 Å². The summed E-state index contributed by atoms with van der Waals surface area (Å²) in [6, 6.07) is 13.1. The van der Waals surface area contributed by atoms with Gasteiger partial charge in [-0.25, -0.2) is 0 Å². The van der Waals surface area contributed by atoms with Crippen LogP contribution < -0.4 is 15.4 Å². The van der Waals surface area contributed by atoms with Crippen LogP contribution in [0, 0.1) is 6.92 Å². The van der Waals surface area contributed by atoms with Crippen LogP contribution >= 0.6 is 0 Å². The van der Waals surface area contributed by atoms with Crippen molar-refractivity contribution in [3.8, 4) is 5.75 Å². The van der Waals surface area contributed by atoms with Crippen LogP contribution in [0.3, 0.4) is 0 Å². The summed E-state index contributed by atoms with van der Waals surface area (Å²) in [5.41, 5.74) is 3.56. The number of anilines is 1. The van der Waals surface area contributed by atoms with Crippen LogP contribution in [0.5, 0.6) is 5.75 Å². The molecule has 0 aliphatic carbocycles. The van der Waals surface area contributed by atoms with Crippen molar-refractivity contribution in [2.24, 2.45) is 0 Å². The van der Waals surface area contributed by atoms with Crippen LogP contribution in [0.4, 0.5) is 5.69 Å². The molecule has 0 bridgehead atoms. The summed E-state index contributed by atoms with van der Waals surface area (Å²) in [6.45, 7) is 2.61. The third kappa shape index (κ3) is 3.51. The molecular formula is C18H18N2O3. The average Bonchev–Trinajstić information content (AvgIpc) is 2.56. The number of carbonyl (C=O) groups is 2. The third-order valence-corrected chi connectivity index (χ3v) is 3.82. The number of fused-ring (bicyclic) bond motifs is 1. The molecule has 1 aliphatic rings. The molecule has 23 heavy (non-hydrogen) atoms. The van der Waals surface area contributed by atoms with Gasteiger partial charge in [0, 0.05) is 12.1 Å². The van der Waals surface area contributed by atoms with Crippen molar-refractivity contribution in [1.29, 1.82) is 0 Å². The second-order valence-electron chi connectivity index (χ2n) is 5.48. The highest BCUT2D eigenvalue weighted by atomic mass is 16.5. The maximum Gasteiger partial charge on any atom is 0.262 e. The molecule has 3 rings (SSSR count). The van der Waals surface area contributed by atoms with Crippen LogP contribution in [0.15, 0.2) is 42.5 Å². The SMILES string of the molecule is Cc1ccccc1CCNC(=O)c1ccc2c(c1)OCC(=O)N2. The Morgan fingerprint density at radius 3 is 2.91 bits per heavy atom. The number of rotatable bonds is 4. The Morgan fingerprint density at radius 2 is 2.09 bits per heavy atom. The van der Waals surface area contributed by atoms with Crippen LogP contribution in [0.1, 0.15) is 21.5 Å². The molecule has 2 aromatic carbocycles. The van der Waals surface area contributed by atoms with Crippen molar-refractivity contribution in [3.05, 3.63) is 59.2 Å². The molecule has 118 valence electrons. The predicted molar refractivity (Wildman–Crippen MR) is 87.8 cm³/mol. The van der Waals surface area contributed by atoms with E-state index in [4.69, 9.17) is 4.74 Å². The first-order chi connectivity index (χ1) is 11.1. The number of aryl methyl sites for hydroxylation is 1. The van der Waals surface area contributed by atoms with Crippen molar-refractivity contribution < 1.29 is 14.3 Å². The number of benzene rings is 2. The van der Waals surface area contributed by atoms with Gasteiger partial charge in [0.05, 0.1) is 5.69 Å². The summed E-state index contributed by atoms with van der Waals surface area (Å²) in [4.78, 5) is 23.4. The Morgan fingerprint density at radius 1 is 1.26 bits per heavy atom. The van der Waals surface area contributed by atoms with Crippen LogP contribution in [-0.2, 0) is 11.2 Å². The van der Waals surface area contributed by atoms with E-state index in [-0.39, 0.29) is 18.4 Å². The summed E-state index contributed by atoms with van der Waals surface area (Å²) in [5.74, 6) is 0.186. The second kappa shape index (κ2) is 6.52. The molecule has 0 spiro atoms. The summed E-state index contributed by atoms with van der Waals surface area (Å²) in [5, 5.41) is 5.61. The first-order valence-corrected chi connectivity index (χ1v) is 7.53. The molecule has 0 radical (unpaired) electrons. The fraction of sp³-hybridized carbons (Fsp3) is 0.222. The van der Waals surface area contributed by atoms with E-state index in [9.17, 15) is 9.59 Å². The molecule has 1 heterocycles. The molecular weight excluding hydrogens is 292 g/mol. The number of nitrogens with one attached hydrogen (secondary N) is 2. The predicted octanol–water partition coefficient (Wildman–Crippen LogP) is 2.30. The summed E-state index contributed by atoms with van der Waals surface area (Å²) < 4.78 is 5.32. The Bertz CT molecular complexity index is 756. The normalized spacial score (nSPS) is 12.8. The lowest BCUT2D eigenvalue weighted by atomic mass is 10.1. The van der Waals surface area contributed by atoms with E-state index in [0.717, 1.165) is 6.42 Å². The van der Waals surface area contributed by atoms with Gasteiger partial charge in [-0.1, -0.05) is 24.3 Å². The summed E-state index contributed by atoms with van der Waals surface area (Å²) >= 11 is 0. The van der Waals surface area contributed by atoms with Crippen LogP contribution in [0.2, 0.25) is 0 Å². The average molecular weight is 310 g/mol. The smallest absolute Gasteiger partial charge is 0.262 e. The van der Waals surface area contributed by atoms with E-state index >= 15 is 0 Å². The Balaban J connectivity index is 1.60. The quantitative estimate of drug-likeness (QED) is 0.910. The fourth-order valence-corrected chi connectivity index (χ4v) is 2.52. The molecule has 5 heteroatoms. The Kier molecular flexibility index (Phi) is 4.28. The van der Waals surface area contributed by atoms with Crippen molar-refractivity contribution in [3.63, 3.8) is 0 Å². The molecule has 0 saturated heterocycles. The van der Waals surface area contributed by atoms with Gasteiger partial charge in [0.2, 0.25) is 0 Å². The topological polar surface area (TPSA) is 67.4 Å². The zero-order chi connectivity index (χ0) is 16.2. The molecule has 2 N–H and O–H groups in total. The standard InChI is InChI=1S/C18H18N2O3/c1-12-4-2-3-5-13(12)8-9-19-18(22)14-6-7-15-16(10-14)23-11-17(21)20-15/h2-7,10H,8-9,11H2,1H3,(H,19,22)(H,20,21). The first-order valence-electron chi connectivity index (χ1n) is 7.53. The minimum absolute atomic E-state index is 0.0225. The van der Waals surface area contributed by atoms with Gasteiger partial charge < -0.3 is 15.4 Å². The molecule has 0 unspecified atom stereocenters. The molecule has 2 aromatic rings. The Labute approximate surface area is 134 Å². The van der Waals surface area contributed by atoms with E-state index in [0.29, 0.717) is 23.5 Å². The monoisotopic (exact) mass is 310 g/mol. The number of carbonyl (C=O) groups excluding carboxylic acids is 2. The second-order valence-corrected chi connectivity index (χ2v) is 5.48. The lowest BCUT2D eigenvalue weighted by Gasteiger charge is -2.18. The number of amides is 2. The van der Waals surface area contributed by atoms with Crippen LogP contribution in [-0.4, -0.2) is 25.0 Å². The summed E-state index contributed by atoms with van der Waals surface area (Å²) in [7, 11) is 0. The highest BCUT2D eigenvalue weighted by Crippen LogP contribution is 2.28. The highest BCUT2D eigenvalue weighted by Gasteiger charge is 2.17. The summed E-state index contributed by atoms with van der Waals surface area (Å²) in [6.07, 6.45) is 0.788. The van der Waals surface area contributed by atoms with Gasteiger partial charge in [-0.3, -0.25) is 9.59 Å². The minimum atomic E-state index is -0.187. The van der Waals surface area contributed by atoms with Crippen molar-refractivity contribution in [2.45, 2.75) is 13.3 Å². The zero-order valence-corrected chi connectivity index (χ0v) is 12.9. The maximum atomic E-state index is 12.2. The molecule has 0 aromatic heterocycles. The van der Waals surface area contributed by atoms with E-state index < -0.39 is 0 Å². The maximum absolute atomic E-state index is 12.2. The van der Waals surface area contributed by atoms with Gasteiger partial charge in [-0.2, -0.15) is 0 Å².